The van der Waals surface area contributed by atoms with E-state index in [0.29, 0.717) is 41.1 Å². The number of aliphatic imine (C=N–C) groups is 1. The molecule has 1 amide bonds. The molecule has 192 valence electrons. The molecule has 2 heterocycles. The first kappa shape index (κ1) is 26.4. The molecule has 1 atom stereocenters. The van der Waals surface area contributed by atoms with Gasteiger partial charge >= 0.3 is 0 Å². The topological polar surface area (TPSA) is 45.1 Å². The van der Waals surface area contributed by atoms with Crippen LogP contribution in [0.3, 0.4) is 0 Å². The second kappa shape index (κ2) is 11.2. The summed E-state index contributed by atoms with van der Waals surface area (Å²) in [7, 11) is 1.65. The second-order valence-electron chi connectivity index (χ2n) is 10.1. The first-order chi connectivity index (χ1) is 17.2. The molecular weight excluding hydrogens is 473 g/mol. The zero-order valence-corrected chi connectivity index (χ0v) is 22.7. The lowest BCUT2D eigenvalue weighted by atomic mass is 9.79. The van der Waals surface area contributed by atoms with Crippen molar-refractivity contribution in [2.75, 3.05) is 31.7 Å². The average Bonchev–Trinajstić information content (AvgIpc) is 3.12. The number of para-hydroxylation sites is 1. The van der Waals surface area contributed by atoms with Crippen LogP contribution in [0, 0.1) is 5.82 Å². The number of hydrogen-bond acceptors (Lipinski definition) is 5. The molecule has 7 heteroatoms. The highest BCUT2D eigenvalue weighted by Gasteiger charge is 2.37. The van der Waals surface area contributed by atoms with Crippen LogP contribution >= 0.6 is 11.8 Å². The van der Waals surface area contributed by atoms with Crippen molar-refractivity contribution in [3.8, 4) is 0 Å². The number of fused-ring (bicyclic) bond motifs is 1. The Hall–Kier alpha value is -2.64. The van der Waals surface area contributed by atoms with Gasteiger partial charge in [-0.25, -0.2) is 9.38 Å². The Kier molecular flexibility index (Phi) is 8.20. The molecule has 0 radical (unpaired) electrons. The van der Waals surface area contributed by atoms with Crippen molar-refractivity contribution < 1.29 is 13.9 Å². The van der Waals surface area contributed by atoms with Gasteiger partial charge in [0.2, 0.25) is 0 Å². The number of halogens is 1. The summed E-state index contributed by atoms with van der Waals surface area (Å²) in [6.07, 6.45) is 4.38. The number of methoxy groups -OCH3 is 1. The van der Waals surface area contributed by atoms with E-state index in [2.05, 4.69) is 32.6 Å². The van der Waals surface area contributed by atoms with Gasteiger partial charge in [-0.1, -0.05) is 32.0 Å². The van der Waals surface area contributed by atoms with Crippen LogP contribution in [-0.2, 0) is 9.53 Å². The van der Waals surface area contributed by atoms with Gasteiger partial charge < -0.3 is 9.64 Å². The Morgan fingerprint density at radius 1 is 1.22 bits per heavy atom. The molecule has 5 nitrogen and oxygen atoms in total. The number of nitrogens with zero attached hydrogens (tertiary/aromatic N) is 3. The fourth-order valence-electron chi connectivity index (χ4n) is 5.19. The quantitative estimate of drug-likeness (QED) is 0.285. The number of anilines is 1. The van der Waals surface area contributed by atoms with Gasteiger partial charge in [-0.2, -0.15) is 0 Å². The minimum absolute atomic E-state index is 0.0301. The van der Waals surface area contributed by atoms with Gasteiger partial charge in [0, 0.05) is 43.6 Å². The molecule has 1 saturated heterocycles. The van der Waals surface area contributed by atoms with E-state index in [-0.39, 0.29) is 17.3 Å². The maximum Gasteiger partial charge on any atom is 0.266 e. The number of benzene rings is 2. The highest BCUT2D eigenvalue weighted by atomic mass is 32.2. The molecule has 0 N–H and O–H groups in total. The van der Waals surface area contributed by atoms with Crippen LogP contribution in [0.15, 0.2) is 52.4 Å². The third-order valence-corrected chi connectivity index (χ3v) is 7.84. The van der Waals surface area contributed by atoms with Crippen molar-refractivity contribution in [2.24, 2.45) is 4.99 Å². The van der Waals surface area contributed by atoms with E-state index < -0.39 is 0 Å². The van der Waals surface area contributed by atoms with Gasteiger partial charge in [-0.15, -0.1) is 0 Å². The number of rotatable bonds is 8. The van der Waals surface area contributed by atoms with Crippen molar-refractivity contribution in [1.29, 1.82) is 0 Å². The summed E-state index contributed by atoms with van der Waals surface area (Å²) in [5.74, 6) is -0.154. The fourth-order valence-corrected chi connectivity index (χ4v) is 6.20. The van der Waals surface area contributed by atoms with E-state index in [4.69, 9.17) is 9.73 Å². The number of hydrogen-bond donors (Lipinski definition) is 0. The van der Waals surface area contributed by atoms with Crippen LogP contribution in [-0.4, -0.2) is 48.3 Å². The fraction of sp³-hybridized carbons (Fsp3) is 0.448. The third kappa shape index (κ3) is 5.52. The molecule has 2 aliphatic heterocycles. The average molecular weight is 510 g/mol. The molecule has 2 aromatic carbocycles. The first-order valence-electron chi connectivity index (χ1n) is 12.7. The smallest absolute Gasteiger partial charge is 0.266 e. The maximum absolute atomic E-state index is 15.5. The molecule has 4 rings (SSSR count). The lowest BCUT2D eigenvalue weighted by molar-refractivity contribution is -0.122. The molecule has 0 aliphatic carbocycles. The number of carbonyl (C=O) groups is 1. The van der Waals surface area contributed by atoms with Gasteiger partial charge in [0.25, 0.3) is 5.91 Å². The number of amidine groups is 1. The predicted molar refractivity (Wildman–Crippen MR) is 148 cm³/mol. The summed E-state index contributed by atoms with van der Waals surface area (Å²) in [6, 6.07) is 13.2. The number of thioether (sulfide) groups is 1. The van der Waals surface area contributed by atoms with Gasteiger partial charge in [-0.05, 0) is 86.7 Å². The van der Waals surface area contributed by atoms with Crippen LogP contribution < -0.4 is 4.90 Å². The minimum atomic E-state index is -0.306. The summed E-state index contributed by atoms with van der Waals surface area (Å²) < 4.78 is 20.7. The van der Waals surface area contributed by atoms with Gasteiger partial charge in [0.1, 0.15) is 5.82 Å². The van der Waals surface area contributed by atoms with Crippen LogP contribution in [0.4, 0.5) is 15.8 Å². The molecule has 1 unspecified atom stereocenters. The van der Waals surface area contributed by atoms with Crippen molar-refractivity contribution >= 4 is 40.3 Å². The van der Waals surface area contributed by atoms with E-state index >= 15 is 4.39 Å². The number of ether oxygens (including phenoxy) is 1. The molecule has 36 heavy (non-hydrogen) atoms. The highest BCUT2D eigenvalue weighted by Crippen LogP contribution is 2.45. The Labute approximate surface area is 218 Å². The second-order valence-corrected chi connectivity index (χ2v) is 11.2. The Bertz CT molecular complexity index is 1160. The molecular formula is C29H36FN3O2S. The zero-order chi connectivity index (χ0) is 25.9. The Morgan fingerprint density at radius 3 is 2.67 bits per heavy atom. The molecule has 0 bridgehead atoms. The summed E-state index contributed by atoms with van der Waals surface area (Å²) >= 11 is 1.30. The van der Waals surface area contributed by atoms with Crippen LogP contribution in [0.2, 0.25) is 0 Å². The van der Waals surface area contributed by atoms with Crippen LogP contribution in [0.5, 0.6) is 0 Å². The van der Waals surface area contributed by atoms with Crippen molar-refractivity contribution in [3.63, 3.8) is 0 Å². The predicted octanol–water partition coefficient (Wildman–Crippen LogP) is 6.97. The van der Waals surface area contributed by atoms with E-state index in [1.54, 1.807) is 24.2 Å². The summed E-state index contributed by atoms with van der Waals surface area (Å²) in [5.41, 5.74) is 3.31. The Balaban J connectivity index is 1.70. The third-order valence-electron chi connectivity index (χ3n) is 6.84. The molecule has 0 spiro atoms. The summed E-state index contributed by atoms with van der Waals surface area (Å²) in [6.45, 7) is 10.7. The summed E-state index contributed by atoms with van der Waals surface area (Å²) in [4.78, 5) is 22.6. The number of carbonyl (C=O) groups excluding carboxylic acids is 1. The molecule has 0 aromatic heterocycles. The SMILES string of the molecule is CCCN1c2cc(F)c(/C=C3/SC(=Nc4ccccc4)N(CCCOC)C3=O)cc2C(C)CC1(C)C. The molecule has 2 aromatic rings. The Morgan fingerprint density at radius 2 is 1.97 bits per heavy atom. The van der Waals surface area contributed by atoms with Gasteiger partial charge in [0.05, 0.1) is 10.6 Å². The molecule has 1 fully saturated rings. The van der Waals surface area contributed by atoms with Crippen LogP contribution in [0.1, 0.15) is 64.0 Å². The molecule has 0 saturated carbocycles. The highest BCUT2D eigenvalue weighted by molar-refractivity contribution is 8.18. The van der Waals surface area contributed by atoms with E-state index in [1.807, 2.05) is 36.4 Å². The molecule has 2 aliphatic rings. The zero-order valence-electron chi connectivity index (χ0n) is 21.9. The lowest BCUT2D eigenvalue weighted by Crippen LogP contribution is -2.48. The van der Waals surface area contributed by atoms with Crippen molar-refractivity contribution in [2.45, 2.75) is 58.4 Å². The normalized spacial score (nSPS) is 21.5. The van der Waals surface area contributed by atoms with Crippen molar-refractivity contribution in [1.82, 2.24) is 4.90 Å². The van der Waals surface area contributed by atoms with Crippen LogP contribution in [0.25, 0.3) is 6.08 Å². The number of amides is 1. The van der Waals surface area contributed by atoms with E-state index in [9.17, 15) is 4.79 Å². The first-order valence-corrected chi connectivity index (χ1v) is 13.5. The standard InChI is InChI=1S/C29H36FN3O2S/c1-6-13-33-25-18-24(30)21(16-23(25)20(2)19-29(33,3)4)17-26-27(34)32(14-10-15-35-5)28(36-26)31-22-11-8-7-9-12-22/h7-9,11-12,16-18,20H,6,10,13-15,19H2,1-5H3/b26-17+,31-28?. The van der Waals surface area contributed by atoms with E-state index in [1.165, 1.54) is 11.8 Å². The van der Waals surface area contributed by atoms with Crippen molar-refractivity contribution in [3.05, 3.63) is 64.3 Å². The monoisotopic (exact) mass is 509 g/mol. The van der Waals surface area contributed by atoms with Gasteiger partial charge in [-0.3, -0.25) is 9.69 Å². The largest absolute Gasteiger partial charge is 0.385 e. The summed E-state index contributed by atoms with van der Waals surface area (Å²) in [5, 5.41) is 0.608. The van der Waals surface area contributed by atoms with Gasteiger partial charge in [0.15, 0.2) is 5.17 Å². The van der Waals surface area contributed by atoms with E-state index in [0.717, 1.165) is 36.3 Å². The lowest BCUT2D eigenvalue weighted by Gasteiger charge is -2.47. The minimum Gasteiger partial charge on any atom is -0.385 e. The maximum atomic E-state index is 15.5.